The summed E-state index contributed by atoms with van der Waals surface area (Å²) in [6.45, 7) is 8.40. The molecule has 0 fully saturated rings. The maximum absolute atomic E-state index is 10.8. The molecule has 1 heterocycles. The molecular formula is C20H22N2O. The van der Waals surface area contributed by atoms with Crippen LogP contribution in [0.2, 0.25) is 0 Å². The molecule has 0 aliphatic heterocycles. The van der Waals surface area contributed by atoms with Crippen LogP contribution < -0.4 is 0 Å². The van der Waals surface area contributed by atoms with Crippen LogP contribution >= 0.6 is 0 Å². The summed E-state index contributed by atoms with van der Waals surface area (Å²) in [6, 6.07) is 17.9. The zero-order valence-electron chi connectivity index (χ0n) is 14.0. The molecule has 0 radical (unpaired) electrons. The van der Waals surface area contributed by atoms with Gasteiger partial charge in [0.1, 0.15) is 0 Å². The van der Waals surface area contributed by atoms with Crippen molar-refractivity contribution in [1.29, 1.82) is 0 Å². The average molecular weight is 306 g/mol. The van der Waals surface area contributed by atoms with Crippen LogP contribution in [-0.2, 0) is 5.41 Å². The van der Waals surface area contributed by atoms with Gasteiger partial charge in [-0.05, 0) is 24.6 Å². The predicted octanol–water partition coefficient (Wildman–Crippen LogP) is 4.85. The number of aromatic nitrogens is 2. The van der Waals surface area contributed by atoms with Gasteiger partial charge in [-0.25, -0.2) is 4.68 Å². The fraction of sp³-hybridized carbons (Fsp3) is 0.250. The van der Waals surface area contributed by atoms with Gasteiger partial charge in [-0.15, -0.1) is 0 Å². The van der Waals surface area contributed by atoms with Crippen LogP contribution in [0.25, 0.3) is 16.8 Å². The van der Waals surface area contributed by atoms with E-state index in [1.165, 1.54) is 5.56 Å². The lowest BCUT2D eigenvalue weighted by molar-refractivity contribution is 0.435. The van der Waals surface area contributed by atoms with Gasteiger partial charge in [0.15, 0.2) is 0 Å². The minimum Gasteiger partial charge on any atom is -0.493 e. The lowest BCUT2D eigenvalue weighted by atomic mass is 9.87. The van der Waals surface area contributed by atoms with Crippen LogP contribution in [0.15, 0.2) is 54.6 Å². The second-order valence-corrected chi connectivity index (χ2v) is 6.91. The molecule has 2 aromatic carbocycles. The number of hydrogen-bond donors (Lipinski definition) is 1. The minimum atomic E-state index is -0.169. The first kappa shape index (κ1) is 15.3. The van der Waals surface area contributed by atoms with E-state index in [1.54, 1.807) is 4.68 Å². The Hall–Kier alpha value is -2.55. The third-order valence-electron chi connectivity index (χ3n) is 3.91. The monoisotopic (exact) mass is 306 g/mol. The van der Waals surface area contributed by atoms with E-state index >= 15 is 0 Å². The van der Waals surface area contributed by atoms with Crippen LogP contribution in [0, 0.1) is 6.92 Å². The number of aromatic hydroxyl groups is 1. The number of hydrogen-bond acceptors (Lipinski definition) is 2. The van der Waals surface area contributed by atoms with E-state index in [2.05, 4.69) is 39.8 Å². The van der Waals surface area contributed by atoms with E-state index in [1.807, 2.05) is 42.5 Å². The fourth-order valence-electron chi connectivity index (χ4n) is 2.67. The predicted molar refractivity (Wildman–Crippen MR) is 94.1 cm³/mol. The first-order valence-corrected chi connectivity index (χ1v) is 7.83. The number of aryl methyl sites for hydroxylation is 1. The summed E-state index contributed by atoms with van der Waals surface area (Å²) in [5.41, 5.74) is 4.57. The van der Waals surface area contributed by atoms with Gasteiger partial charge in [0, 0.05) is 5.41 Å². The van der Waals surface area contributed by atoms with Crippen molar-refractivity contribution in [2.24, 2.45) is 0 Å². The third-order valence-corrected chi connectivity index (χ3v) is 3.91. The number of benzene rings is 2. The Balaban J connectivity index is 2.25. The second-order valence-electron chi connectivity index (χ2n) is 6.91. The Kier molecular flexibility index (Phi) is 3.72. The largest absolute Gasteiger partial charge is 0.493 e. The minimum absolute atomic E-state index is 0.169. The highest BCUT2D eigenvalue weighted by Gasteiger charge is 2.28. The Morgan fingerprint density at radius 2 is 1.52 bits per heavy atom. The third kappa shape index (κ3) is 2.87. The van der Waals surface area contributed by atoms with E-state index in [-0.39, 0.29) is 11.3 Å². The molecule has 1 aromatic heterocycles. The Labute approximate surface area is 137 Å². The maximum atomic E-state index is 10.8. The molecule has 1 N–H and O–H groups in total. The zero-order chi connectivity index (χ0) is 16.6. The molecular weight excluding hydrogens is 284 g/mol. The highest BCUT2D eigenvalue weighted by atomic mass is 16.3. The van der Waals surface area contributed by atoms with Crippen LogP contribution in [0.5, 0.6) is 5.88 Å². The lowest BCUT2D eigenvalue weighted by Gasteiger charge is -2.17. The average Bonchev–Trinajstić information content (AvgIpc) is 2.87. The molecule has 0 saturated heterocycles. The summed E-state index contributed by atoms with van der Waals surface area (Å²) >= 11 is 0. The van der Waals surface area contributed by atoms with E-state index in [0.29, 0.717) is 0 Å². The van der Waals surface area contributed by atoms with Gasteiger partial charge >= 0.3 is 0 Å². The lowest BCUT2D eigenvalue weighted by Crippen LogP contribution is -2.14. The normalized spacial score (nSPS) is 11.7. The molecule has 0 unspecified atom stereocenters. The van der Waals surface area contributed by atoms with Crippen molar-refractivity contribution in [2.45, 2.75) is 33.1 Å². The highest BCUT2D eigenvalue weighted by Crippen LogP contribution is 2.39. The standard InChI is InChI=1S/C20H22N2O/c1-14-10-12-15(13-11-14)17-18(20(2,3)4)21-22(19(17)23)16-8-6-5-7-9-16/h5-13,23H,1-4H3. The molecule has 3 rings (SSSR count). The second kappa shape index (κ2) is 5.58. The number of nitrogens with zero attached hydrogens (tertiary/aromatic N) is 2. The van der Waals surface area contributed by atoms with Gasteiger partial charge in [-0.3, -0.25) is 0 Å². The SMILES string of the molecule is Cc1ccc(-c2c(C(C)(C)C)nn(-c3ccccc3)c2O)cc1. The zero-order valence-corrected chi connectivity index (χ0v) is 14.0. The molecule has 118 valence electrons. The van der Waals surface area contributed by atoms with Gasteiger partial charge in [0.25, 0.3) is 0 Å². The molecule has 0 spiro atoms. The molecule has 3 aromatic rings. The van der Waals surface area contributed by atoms with Crippen molar-refractivity contribution in [3.63, 3.8) is 0 Å². The first-order chi connectivity index (χ1) is 10.9. The van der Waals surface area contributed by atoms with Crippen molar-refractivity contribution >= 4 is 0 Å². The van der Waals surface area contributed by atoms with Gasteiger partial charge in [0.05, 0.1) is 16.9 Å². The topological polar surface area (TPSA) is 38.0 Å². The van der Waals surface area contributed by atoms with E-state index in [4.69, 9.17) is 5.10 Å². The smallest absolute Gasteiger partial charge is 0.222 e. The number of para-hydroxylation sites is 1. The Bertz CT molecular complexity index is 809. The van der Waals surface area contributed by atoms with Gasteiger partial charge in [-0.2, -0.15) is 5.10 Å². The van der Waals surface area contributed by atoms with Crippen molar-refractivity contribution in [1.82, 2.24) is 9.78 Å². The van der Waals surface area contributed by atoms with Crippen LogP contribution in [0.3, 0.4) is 0 Å². The molecule has 3 nitrogen and oxygen atoms in total. The fourth-order valence-corrected chi connectivity index (χ4v) is 2.67. The van der Waals surface area contributed by atoms with Gasteiger partial charge in [-0.1, -0.05) is 68.8 Å². The van der Waals surface area contributed by atoms with E-state index < -0.39 is 0 Å². The molecule has 0 amide bonds. The van der Waals surface area contributed by atoms with Crippen LogP contribution in [-0.4, -0.2) is 14.9 Å². The molecule has 0 bridgehead atoms. The summed E-state index contributed by atoms with van der Waals surface area (Å²) in [7, 11) is 0. The van der Waals surface area contributed by atoms with Crippen LogP contribution in [0.1, 0.15) is 32.0 Å². The molecule has 23 heavy (non-hydrogen) atoms. The van der Waals surface area contributed by atoms with Crippen LogP contribution in [0.4, 0.5) is 0 Å². The van der Waals surface area contributed by atoms with Gasteiger partial charge < -0.3 is 5.11 Å². The van der Waals surface area contributed by atoms with Crippen molar-refractivity contribution in [3.8, 4) is 22.7 Å². The molecule has 0 aliphatic carbocycles. The Morgan fingerprint density at radius 1 is 0.913 bits per heavy atom. The maximum Gasteiger partial charge on any atom is 0.222 e. The van der Waals surface area contributed by atoms with E-state index in [0.717, 1.165) is 22.5 Å². The summed E-state index contributed by atoms with van der Waals surface area (Å²) in [5, 5.41) is 15.6. The van der Waals surface area contributed by atoms with Crippen molar-refractivity contribution in [2.75, 3.05) is 0 Å². The first-order valence-electron chi connectivity index (χ1n) is 7.83. The van der Waals surface area contributed by atoms with Crippen molar-refractivity contribution in [3.05, 3.63) is 65.9 Å². The molecule has 0 saturated carbocycles. The highest BCUT2D eigenvalue weighted by molar-refractivity contribution is 5.73. The van der Waals surface area contributed by atoms with E-state index in [9.17, 15) is 5.11 Å². The molecule has 0 atom stereocenters. The summed E-state index contributed by atoms with van der Waals surface area (Å²) in [4.78, 5) is 0. The summed E-state index contributed by atoms with van der Waals surface area (Å²) < 4.78 is 1.62. The summed E-state index contributed by atoms with van der Waals surface area (Å²) in [6.07, 6.45) is 0. The molecule has 0 aliphatic rings. The Morgan fingerprint density at radius 3 is 2.09 bits per heavy atom. The van der Waals surface area contributed by atoms with Crippen molar-refractivity contribution < 1.29 is 5.11 Å². The quantitative estimate of drug-likeness (QED) is 0.735. The number of rotatable bonds is 2. The summed E-state index contributed by atoms with van der Waals surface area (Å²) in [5.74, 6) is 0.185. The van der Waals surface area contributed by atoms with Gasteiger partial charge in [0.2, 0.25) is 5.88 Å². The molecule has 3 heteroatoms.